The fraction of sp³-hybridized carbons (Fsp3) is 0.480. The predicted octanol–water partition coefficient (Wildman–Crippen LogP) is 6.32. The van der Waals surface area contributed by atoms with Gasteiger partial charge >= 0.3 is 12.1 Å². The summed E-state index contributed by atoms with van der Waals surface area (Å²) in [5, 5.41) is 1.62. The second-order valence-electron chi connectivity index (χ2n) is 9.72. The minimum Gasteiger partial charge on any atom is -0.316 e. The van der Waals surface area contributed by atoms with Gasteiger partial charge in [-0.3, -0.25) is 9.69 Å². The lowest BCUT2D eigenvalue weighted by molar-refractivity contribution is -0.167. The van der Waals surface area contributed by atoms with Gasteiger partial charge < -0.3 is 5.32 Å². The molecular formula is C25H28F4N2O. The van der Waals surface area contributed by atoms with Gasteiger partial charge in [-0.15, -0.1) is 0 Å². The van der Waals surface area contributed by atoms with Crippen molar-refractivity contribution in [3.8, 4) is 11.1 Å². The van der Waals surface area contributed by atoms with E-state index in [1.165, 1.54) is 43.4 Å². The van der Waals surface area contributed by atoms with E-state index in [1.807, 2.05) is 12.1 Å². The molecule has 2 aromatic carbocycles. The molecule has 4 rings (SSSR count). The normalized spacial score (nSPS) is 19.4. The molecule has 1 N–H and O–H groups in total. The van der Waals surface area contributed by atoms with Crippen molar-refractivity contribution >= 4 is 11.6 Å². The lowest BCUT2D eigenvalue weighted by atomic mass is 9.75. The SMILES string of the molecule is CC1(C)CCC(N2CCc3cc(-c4cccc(NC(=O)C(F)(F)F)c4F)ccc3C2)CC1. The molecule has 0 radical (unpaired) electrons. The first kappa shape index (κ1) is 22.8. The first-order valence-electron chi connectivity index (χ1n) is 11.1. The minimum absolute atomic E-state index is 0.171. The molecule has 1 heterocycles. The monoisotopic (exact) mass is 448 g/mol. The van der Waals surface area contributed by atoms with Crippen molar-refractivity contribution in [3.63, 3.8) is 0 Å². The maximum Gasteiger partial charge on any atom is 0.471 e. The number of rotatable bonds is 3. The molecule has 0 atom stereocenters. The van der Waals surface area contributed by atoms with E-state index in [1.54, 1.807) is 11.4 Å². The average molecular weight is 449 g/mol. The number of carbonyl (C=O) groups is 1. The van der Waals surface area contributed by atoms with Crippen molar-refractivity contribution in [1.82, 2.24) is 4.90 Å². The highest BCUT2D eigenvalue weighted by Gasteiger charge is 2.39. The highest BCUT2D eigenvalue weighted by molar-refractivity contribution is 5.95. The van der Waals surface area contributed by atoms with Crippen LogP contribution >= 0.6 is 0 Å². The van der Waals surface area contributed by atoms with E-state index < -0.39 is 23.6 Å². The third-order valence-electron chi connectivity index (χ3n) is 6.89. The van der Waals surface area contributed by atoms with Crippen molar-refractivity contribution in [1.29, 1.82) is 0 Å². The number of anilines is 1. The Labute approximate surface area is 185 Å². The van der Waals surface area contributed by atoms with E-state index in [0.717, 1.165) is 31.1 Å². The standard InChI is InChI=1S/C25H28F4N2O/c1-24(2)11-8-19(9-12-24)31-13-10-16-14-17(6-7-18(16)15-31)20-4-3-5-21(22(20)26)30-23(32)25(27,28)29/h3-7,14,19H,8-13,15H2,1-2H3,(H,30,32). The number of nitrogens with zero attached hydrogens (tertiary/aromatic N) is 1. The molecule has 3 nitrogen and oxygen atoms in total. The van der Waals surface area contributed by atoms with Crippen molar-refractivity contribution in [2.75, 3.05) is 11.9 Å². The van der Waals surface area contributed by atoms with Crippen LogP contribution in [0.15, 0.2) is 36.4 Å². The van der Waals surface area contributed by atoms with Gasteiger partial charge in [0.1, 0.15) is 0 Å². The van der Waals surface area contributed by atoms with Crippen molar-refractivity contribution < 1.29 is 22.4 Å². The Hall–Kier alpha value is -2.41. The summed E-state index contributed by atoms with van der Waals surface area (Å²) in [5.41, 5.74) is 3.07. The third kappa shape index (κ3) is 4.82. The lowest BCUT2D eigenvalue weighted by Gasteiger charge is -2.42. The van der Waals surface area contributed by atoms with Gasteiger partial charge in [0.15, 0.2) is 5.82 Å². The molecule has 1 fully saturated rings. The van der Waals surface area contributed by atoms with Crippen molar-refractivity contribution in [2.45, 2.75) is 64.7 Å². The molecule has 32 heavy (non-hydrogen) atoms. The van der Waals surface area contributed by atoms with Gasteiger partial charge in [0.25, 0.3) is 0 Å². The molecule has 2 aromatic rings. The van der Waals surface area contributed by atoms with Crippen LogP contribution in [0.2, 0.25) is 0 Å². The zero-order valence-corrected chi connectivity index (χ0v) is 18.4. The summed E-state index contributed by atoms with van der Waals surface area (Å²) in [6, 6.07) is 10.4. The predicted molar refractivity (Wildman–Crippen MR) is 117 cm³/mol. The van der Waals surface area contributed by atoms with Gasteiger partial charge in [-0.05, 0) is 60.3 Å². The van der Waals surface area contributed by atoms with Crippen molar-refractivity contribution in [3.05, 3.63) is 53.3 Å². The first-order chi connectivity index (χ1) is 15.0. The number of nitrogens with one attached hydrogen (secondary N) is 1. The Kier molecular flexibility index (Phi) is 6.05. The first-order valence-corrected chi connectivity index (χ1v) is 11.1. The molecule has 0 bridgehead atoms. The van der Waals surface area contributed by atoms with Gasteiger partial charge in [0.2, 0.25) is 0 Å². The van der Waals surface area contributed by atoms with E-state index in [-0.39, 0.29) is 5.56 Å². The van der Waals surface area contributed by atoms with E-state index in [4.69, 9.17) is 0 Å². The van der Waals surface area contributed by atoms with Gasteiger partial charge in [-0.1, -0.05) is 44.2 Å². The van der Waals surface area contributed by atoms with Crippen LogP contribution in [0.1, 0.15) is 50.7 Å². The summed E-state index contributed by atoms with van der Waals surface area (Å²) in [6.45, 7) is 6.48. The largest absolute Gasteiger partial charge is 0.471 e. The summed E-state index contributed by atoms with van der Waals surface area (Å²) in [7, 11) is 0. The Balaban J connectivity index is 1.51. The number of hydrogen-bond acceptors (Lipinski definition) is 2. The Morgan fingerprint density at radius 2 is 1.81 bits per heavy atom. The molecule has 2 aliphatic rings. The van der Waals surface area contributed by atoms with Crippen LogP contribution in [0.3, 0.4) is 0 Å². The quantitative estimate of drug-likeness (QED) is 0.557. The van der Waals surface area contributed by atoms with E-state index in [9.17, 15) is 22.4 Å². The second-order valence-corrected chi connectivity index (χ2v) is 9.72. The molecule has 1 amide bonds. The molecule has 7 heteroatoms. The van der Waals surface area contributed by atoms with Gasteiger partial charge in [0.05, 0.1) is 5.69 Å². The second kappa shape index (κ2) is 8.50. The highest BCUT2D eigenvalue weighted by atomic mass is 19.4. The Bertz CT molecular complexity index is 1010. The topological polar surface area (TPSA) is 32.3 Å². The van der Waals surface area contributed by atoms with Crippen LogP contribution in [0.25, 0.3) is 11.1 Å². The van der Waals surface area contributed by atoms with E-state index in [2.05, 4.69) is 18.7 Å². The summed E-state index contributed by atoms with van der Waals surface area (Å²) in [4.78, 5) is 13.8. The van der Waals surface area contributed by atoms with Crippen LogP contribution in [-0.4, -0.2) is 29.6 Å². The number of carbonyl (C=O) groups excluding carboxylic acids is 1. The van der Waals surface area contributed by atoms with Gasteiger partial charge in [0, 0.05) is 24.7 Å². The zero-order valence-electron chi connectivity index (χ0n) is 18.4. The van der Waals surface area contributed by atoms with E-state index >= 15 is 0 Å². The molecule has 1 aliphatic heterocycles. The summed E-state index contributed by atoms with van der Waals surface area (Å²) < 4.78 is 52.5. The number of alkyl halides is 3. The number of hydrogen-bond donors (Lipinski definition) is 1. The molecule has 0 spiro atoms. The van der Waals surface area contributed by atoms with Crippen LogP contribution in [-0.2, 0) is 17.8 Å². The fourth-order valence-electron chi connectivity index (χ4n) is 4.85. The van der Waals surface area contributed by atoms with Crippen LogP contribution in [0.5, 0.6) is 0 Å². The maximum atomic E-state index is 14.9. The number of benzene rings is 2. The molecule has 0 saturated heterocycles. The summed E-state index contributed by atoms with van der Waals surface area (Å²) >= 11 is 0. The molecular weight excluding hydrogens is 420 g/mol. The molecule has 0 aromatic heterocycles. The van der Waals surface area contributed by atoms with Crippen LogP contribution < -0.4 is 5.32 Å². The Morgan fingerprint density at radius 3 is 2.50 bits per heavy atom. The van der Waals surface area contributed by atoms with Crippen molar-refractivity contribution in [2.24, 2.45) is 5.41 Å². The molecule has 1 saturated carbocycles. The number of halogens is 4. The molecule has 0 unspecified atom stereocenters. The molecule has 172 valence electrons. The third-order valence-corrected chi connectivity index (χ3v) is 6.89. The van der Waals surface area contributed by atoms with Crippen LogP contribution in [0.4, 0.5) is 23.2 Å². The minimum atomic E-state index is -5.08. The zero-order chi connectivity index (χ0) is 23.1. The lowest BCUT2D eigenvalue weighted by Crippen LogP contribution is -2.42. The van der Waals surface area contributed by atoms with Crippen LogP contribution in [0, 0.1) is 11.2 Å². The maximum absolute atomic E-state index is 14.9. The number of amides is 1. The highest BCUT2D eigenvalue weighted by Crippen LogP contribution is 2.38. The van der Waals surface area contributed by atoms with Gasteiger partial charge in [-0.2, -0.15) is 13.2 Å². The summed E-state index contributed by atoms with van der Waals surface area (Å²) in [5.74, 6) is -3.06. The summed E-state index contributed by atoms with van der Waals surface area (Å²) in [6.07, 6.45) is 0.675. The average Bonchev–Trinajstić information content (AvgIpc) is 2.74. The fourth-order valence-corrected chi connectivity index (χ4v) is 4.85. The number of fused-ring (bicyclic) bond motifs is 1. The smallest absolute Gasteiger partial charge is 0.316 e. The Morgan fingerprint density at radius 1 is 1.09 bits per heavy atom. The van der Waals surface area contributed by atoms with E-state index in [0.29, 0.717) is 17.0 Å². The molecule has 1 aliphatic carbocycles. The van der Waals surface area contributed by atoms with Gasteiger partial charge in [-0.25, -0.2) is 4.39 Å².